The summed E-state index contributed by atoms with van der Waals surface area (Å²) in [6, 6.07) is 0.798. The lowest BCUT2D eigenvalue weighted by Crippen LogP contribution is -2.69. The molecule has 1 spiro atoms. The zero-order valence-electron chi connectivity index (χ0n) is 15.7. The monoisotopic (exact) mass is 352 g/mol. The molecule has 1 saturated heterocycles. The Morgan fingerprint density at radius 3 is 2.52 bits per heavy atom. The minimum absolute atomic E-state index is 0.232. The highest BCUT2D eigenvalue weighted by Gasteiger charge is 2.59. The summed E-state index contributed by atoms with van der Waals surface area (Å²) in [6.45, 7) is 4.32. The molecule has 0 aromatic carbocycles. The number of carbonyl (C=O) groups excluding carboxylic acids is 1. The van der Waals surface area contributed by atoms with Crippen molar-refractivity contribution in [2.24, 2.45) is 10.4 Å². The Balaban J connectivity index is 1.47. The first-order valence-electron chi connectivity index (χ1n) is 9.57. The van der Waals surface area contributed by atoms with Gasteiger partial charge in [0.05, 0.1) is 13.2 Å². The van der Waals surface area contributed by atoms with E-state index >= 15 is 0 Å². The summed E-state index contributed by atoms with van der Waals surface area (Å²) in [5.41, 5.74) is 0.321. The van der Waals surface area contributed by atoms with Gasteiger partial charge in [0, 0.05) is 44.2 Å². The molecular formula is C18H32N4O3. The lowest BCUT2D eigenvalue weighted by Gasteiger charge is -2.61. The van der Waals surface area contributed by atoms with E-state index < -0.39 is 0 Å². The van der Waals surface area contributed by atoms with Crippen LogP contribution >= 0.6 is 0 Å². The van der Waals surface area contributed by atoms with Crippen LogP contribution in [0.2, 0.25) is 0 Å². The van der Waals surface area contributed by atoms with E-state index in [1.54, 1.807) is 4.90 Å². The number of rotatable bonds is 4. The molecule has 3 aliphatic rings. The maximum absolute atomic E-state index is 11.6. The molecule has 2 aliphatic carbocycles. The van der Waals surface area contributed by atoms with Crippen LogP contribution in [0, 0.1) is 5.41 Å². The normalized spacial score (nSPS) is 28.9. The van der Waals surface area contributed by atoms with Crippen LogP contribution in [0.4, 0.5) is 4.79 Å². The van der Waals surface area contributed by atoms with Gasteiger partial charge in [-0.2, -0.15) is 0 Å². The number of nitrogens with zero attached hydrogens (tertiary/aromatic N) is 2. The average Bonchev–Trinajstić information content (AvgIpc) is 2.58. The summed E-state index contributed by atoms with van der Waals surface area (Å²) in [4.78, 5) is 17.8. The molecule has 2 saturated carbocycles. The predicted octanol–water partition coefficient (Wildman–Crippen LogP) is 1.73. The molecule has 7 nitrogen and oxygen atoms in total. The summed E-state index contributed by atoms with van der Waals surface area (Å²) in [7, 11) is 3.26. The fourth-order valence-electron chi connectivity index (χ4n) is 4.51. The molecule has 3 fully saturated rings. The number of carbonyl (C=O) groups is 1. The topological polar surface area (TPSA) is 75.2 Å². The van der Waals surface area contributed by atoms with Gasteiger partial charge in [0.1, 0.15) is 0 Å². The van der Waals surface area contributed by atoms with Crippen LogP contribution < -0.4 is 10.6 Å². The Hall–Kier alpha value is -1.50. The number of likely N-dealkylation sites (tertiary alicyclic amines) is 1. The van der Waals surface area contributed by atoms with E-state index in [4.69, 9.17) is 9.47 Å². The van der Waals surface area contributed by atoms with E-state index in [0.29, 0.717) is 23.6 Å². The molecule has 0 bridgehead atoms. The van der Waals surface area contributed by atoms with E-state index in [1.807, 2.05) is 7.05 Å². The summed E-state index contributed by atoms with van der Waals surface area (Å²) in [5, 5.41) is 7.16. The number of nitrogens with one attached hydrogen (secondary N) is 2. The number of hydrogen-bond acceptors (Lipinski definition) is 4. The Kier molecular flexibility index (Phi) is 5.71. The van der Waals surface area contributed by atoms with E-state index in [2.05, 4.69) is 22.5 Å². The van der Waals surface area contributed by atoms with Crippen LogP contribution in [-0.2, 0) is 9.47 Å². The van der Waals surface area contributed by atoms with Gasteiger partial charge in [-0.1, -0.05) is 6.42 Å². The van der Waals surface area contributed by atoms with E-state index in [-0.39, 0.29) is 6.09 Å². The molecular weight excluding hydrogens is 320 g/mol. The van der Waals surface area contributed by atoms with Gasteiger partial charge in [-0.25, -0.2) is 4.79 Å². The number of amides is 1. The first-order valence-corrected chi connectivity index (χ1v) is 9.57. The standard InChI is InChI=1S/C18H32N4O3/c1-4-25-15-12-14(18(15)8-5-9-18)21-16(19-2)20-13-6-10-22(11-7-13)17(23)24-3/h13-15H,4-12H2,1-3H3,(H2,19,20,21). The third-order valence-electron chi connectivity index (χ3n) is 6.24. The Morgan fingerprint density at radius 1 is 1.28 bits per heavy atom. The van der Waals surface area contributed by atoms with Gasteiger partial charge in [-0.15, -0.1) is 0 Å². The third kappa shape index (κ3) is 3.57. The molecule has 1 aliphatic heterocycles. The molecule has 25 heavy (non-hydrogen) atoms. The number of guanidine groups is 1. The highest BCUT2D eigenvalue weighted by molar-refractivity contribution is 5.80. The van der Waals surface area contributed by atoms with Crippen LogP contribution in [0.3, 0.4) is 0 Å². The summed E-state index contributed by atoms with van der Waals surface area (Å²) >= 11 is 0. The molecule has 2 atom stereocenters. The van der Waals surface area contributed by atoms with Gasteiger partial charge >= 0.3 is 6.09 Å². The lowest BCUT2D eigenvalue weighted by molar-refractivity contribution is -0.168. The van der Waals surface area contributed by atoms with Gasteiger partial charge in [-0.3, -0.25) is 4.99 Å². The fraction of sp³-hybridized carbons (Fsp3) is 0.889. The first kappa shape index (κ1) is 18.3. The van der Waals surface area contributed by atoms with Crippen LogP contribution in [0.5, 0.6) is 0 Å². The third-order valence-corrected chi connectivity index (χ3v) is 6.24. The number of piperidine rings is 1. The maximum atomic E-state index is 11.6. The minimum atomic E-state index is -0.232. The minimum Gasteiger partial charge on any atom is -0.453 e. The van der Waals surface area contributed by atoms with Crippen LogP contribution in [-0.4, -0.2) is 69.0 Å². The highest BCUT2D eigenvalue weighted by Crippen LogP contribution is 2.57. The van der Waals surface area contributed by atoms with Crippen molar-refractivity contribution in [2.75, 3.05) is 33.9 Å². The lowest BCUT2D eigenvalue weighted by atomic mass is 9.51. The van der Waals surface area contributed by atoms with Crippen molar-refractivity contribution >= 4 is 12.1 Å². The second-order valence-electron chi connectivity index (χ2n) is 7.41. The molecule has 2 N–H and O–H groups in total. The van der Waals surface area contributed by atoms with Crippen molar-refractivity contribution in [2.45, 2.75) is 63.6 Å². The van der Waals surface area contributed by atoms with Gasteiger partial charge in [-0.05, 0) is 39.0 Å². The van der Waals surface area contributed by atoms with Crippen molar-refractivity contribution in [3.05, 3.63) is 0 Å². The van der Waals surface area contributed by atoms with Crippen molar-refractivity contribution < 1.29 is 14.3 Å². The zero-order chi connectivity index (χ0) is 17.9. The van der Waals surface area contributed by atoms with Crippen molar-refractivity contribution in [3.8, 4) is 0 Å². The van der Waals surface area contributed by atoms with Gasteiger partial charge in [0.15, 0.2) is 5.96 Å². The molecule has 0 aromatic heterocycles. The van der Waals surface area contributed by atoms with Crippen molar-refractivity contribution in [1.29, 1.82) is 0 Å². The van der Waals surface area contributed by atoms with E-state index in [0.717, 1.165) is 44.9 Å². The molecule has 7 heteroatoms. The highest BCUT2D eigenvalue weighted by atomic mass is 16.5. The molecule has 0 radical (unpaired) electrons. The summed E-state index contributed by atoms with van der Waals surface area (Å²) in [6.07, 6.45) is 6.87. The van der Waals surface area contributed by atoms with E-state index in [1.165, 1.54) is 26.4 Å². The maximum Gasteiger partial charge on any atom is 0.409 e. The van der Waals surface area contributed by atoms with Crippen LogP contribution in [0.1, 0.15) is 45.4 Å². The number of methoxy groups -OCH3 is 1. The first-order chi connectivity index (χ1) is 12.1. The fourth-order valence-corrected chi connectivity index (χ4v) is 4.51. The van der Waals surface area contributed by atoms with Gasteiger partial charge in [0.2, 0.25) is 0 Å². The van der Waals surface area contributed by atoms with Crippen molar-refractivity contribution in [3.63, 3.8) is 0 Å². The molecule has 3 rings (SSSR count). The average molecular weight is 352 g/mol. The quantitative estimate of drug-likeness (QED) is 0.595. The summed E-state index contributed by atoms with van der Waals surface area (Å²) < 4.78 is 10.7. The number of ether oxygens (including phenoxy) is 2. The van der Waals surface area contributed by atoms with E-state index in [9.17, 15) is 4.79 Å². The van der Waals surface area contributed by atoms with Crippen LogP contribution in [0.15, 0.2) is 4.99 Å². The largest absolute Gasteiger partial charge is 0.453 e. The molecule has 1 amide bonds. The number of hydrogen-bond donors (Lipinski definition) is 2. The zero-order valence-corrected chi connectivity index (χ0v) is 15.7. The SMILES string of the molecule is CCOC1CC(NC(=NC)NC2CCN(C(=O)OC)CC2)C12CCC2. The second-order valence-corrected chi connectivity index (χ2v) is 7.41. The molecule has 142 valence electrons. The molecule has 0 aromatic rings. The van der Waals surface area contributed by atoms with Gasteiger partial charge in [0.25, 0.3) is 0 Å². The smallest absolute Gasteiger partial charge is 0.409 e. The predicted molar refractivity (Wildman–Crippen MR) is 96.7 cm³/mol. The Bertz CT molecular complexity index is 499. The number of aliphatic imine (C=N–C) groups is 1. The second kappa shape index (κ2) is 7.81. The molecule has 1 heterocycles. The molecule has 2 unspecified atom stereocenters. The van der Waals surface area contributed by atoms with Crippen molar-refractivity contribution in [1.82, 2.24) is 15.5 Å². The summed E-state index contributed by atoms with van der Waals surface area (Å²) in [5.74, 6) is 0.878. The Labute approximate surface area is 150 Å². The van der Waals surface area contributed by atoms with Gasteiger partial charge < -0.3 is 25.0 Å². The van der Waals surface area contributed by atoms with Crippen LogP contribution in [0.25, 0.3) is 0 Å². The Morgan fingerprint density at radius 2 is 2.00 bits per heavy atom.